The monoisotopic (exact) mass is 191 g/mol. The van der Waals surface area contributed by atoms with Gasteiger partial charge in [0.1, 0.15) is 0 Å². The molecule has 0 amide bonds. The van der Waals surface area contributed by atoms with E-state index >= 15 is 0 Å². The Morgan fingerprint density at radius 1 is 1.36 bits per heavy atom. The van der Waals surface area contributed by atoms with Gasteiger partial charge < -0.3 is 10.3 Å². The average Bonchev–Trinajstić information content (AvgIpc) is 2.77. The molecule has 74 valence electrons. The highest BCUT2D eigenvalue weighted by Gasteiger charge is 1.94. The average molecular weight is 191 g/mol. The Hall–Kier alpha value is -1.78. The maximum Gasteiger partial charge on any atom is 0.0945 e. The first-order chi connectivity index (χ1) is 6.84. The van der Waals surface area contributed by atoms with Crippen LogP contribution in [0.25, 0.3) is 0 Å². The number of rotatable bonds is 4. The maximum absolute atomic E-state index is 5.55. The molecule has 2 aromatic heterocycles. The number of hydrogen-bond acceptors (Lipinski definition) is 3. The van der Waals surface area contributed by atoms with Crippen LogP contribution in [-0.2, 0) is 13.1 Å². The fraction of sp³-hybridized carbons (Fsp3) is 0.333. The molecule has 0 aliphatic carbocycles. The summed E-state index contributed by atoms with van der Waals surface area (Å²) in [5, 5.41) is 4.10. The highest BCUT2D eigenvalue weighted by molar-refractivity contribution is 5.30. The van der Waals surface area contributed by atoms with E-state index < -0.39 is 0 Å². The number of aryl methyl sites for hydroxylation is 2. The lowest BCUT2D eigenvalue weighted by Gasteiger charge is -2.02. The van der Waals surface area contributed by atoms with Crippen LogP contribution in [0.2, 0.25) is 0 Å². The zero-order chi connectivity index (χ0) is 9.80. The number of nitrogens with two attached hydrogens (primary N) is 1. The van der Waals surface area contributed by atoms with Gasteiger partial charge in [0.15, 0.2) is 0 Å². The molecule has 0 spiro atoms. The van der Waals surface area contributed by atoms with Gasteiger partial charge in [0.25, 0.3) is 0 Å². The van der Waals surface area contributed by atoms with E-state index in [2.05, 4.69) is 10.1 Å². The molecule has 0 fully saturated rings. The first-order valence-corrected chi connectivity index (χ1v) is 4.58. The molecule has 0 bridgehead atoms. The van der Waals surface area contributed by atoms with Crippen molar-refractivity contribution in [2.24, 2.45) is 0 Å². The fourth-order valence-electron chi connectivity index (χ4n) is 1.34. The largest absolute Gasteiger partial charge is 0.396 e. The van der Waals surface area contributed by atoms with Crippen LogP contribution in [0.4, 0.5) is 5.69 Å². The minimum atomic E-state index is 0.715. The van der Waals surface area contributed by atoms with Crippen LogP contribution < -0.4 is 5.73 Å². The quantitative estimate of drug-likeness (QED) is 0.775. The summed E-state index contributed by atoms with van der Waals surface area (Å²) in [6.45, 7) is 1.84. The normalized spacial score (nSPS) is 10.6. The number of aromatic nitrogens is 4. The third-order valence-electron chi connectivity index (χ3n) is 2.02. The van der Waals surface area contributed by atoms with Gasteiger partial charge in [-0.25, -0.2) is 4.98 Å². The third kappa shape index (κ3) is 2.12. The summed E-state index contributed by atoms with van der Waals surface area (Å²) < 4.78 is 3.90. The molecule has 2 aromatic rings. The van der Waals surface area contributed by atoms with Crippen molar-refractivity contribution in [1.29, 1.82) is 0 Å². The molecule has 5 nitrogen and oxygen atoms in total. The van der Waals surface area contributed by atoms with Gasteiger partial charge in [0.2, 0.25) is 0 Å². The van der Waals surface area contributed by atoms with Gasteiger partial charge in [-0.15, -0.1) is 0 Å². The Balaban J connectivity index is 1.78. The van der Waals surface area contributed by atoms with Crippen molar-refractivity contribution in [3.63, 3.8) is 0 Å². The van der Waals surface area contributed by atoms with Crippen LogP contribution in [0.15, 0.2) is 31.1 Å². The summed E-state index contributed by atoms with van der Waals surface area (Å²) in [6.07, 6.45) is 10.1. The van der Waals surface area contributed by atoms with Crippen molar-refractivity contribution in [1.82, 2.24) is 19.3 Å². The summed E-state index contributed by atoms with van der Waals surface area (Å²) in [6, 6.07) is 0. The zero-order valence-electron chi connectivity index (χ0n) is 7.87. The topological polar surface area (TPSA) is 61.7 Å². The Bertz CT molecular complexity index is 376. The van der Waals surface area contributed by atoms with Crippen molar-refractivity contribution >= 4 is 5.69 Å². The van der Waals surface area contributed by atoms with Gasteiger partial charge in [-0.2, -0.15) is 5.10 Å². The van der Waals surface area contributed by atoms with E-state index in [0.29, 0.717) is 5.69 Å². The van der Waals surface area contributed by atoms with E-state index in [4.69, 9.17) is 5.73 Å². The number of imidazole rings is 1. The van der Waals surface area contributed by atoms with E-state index in [1.54, 1.807) is 12.4 Å². The first kappa shape index (κ1) is 8.80. The summed E-state index contributed by atoms with van der Waals surface area (Å²) >= 11 is 0. The number of nitrogens with zero attached hydrogens (tertiary/aromatic N) is 4. The lowest BCUT2D eigenvalue weighted by Crippen LogP contribution is -2.03. The second kappa shape index (κ2) is 3.95. The molecular formula is C9H13N5. The van der Waals surface area contributed by atoms with Crippen molar-refractivity contribution in [3.8, 4) is 0 Å². The SMILES string of the molecule is Nc1cnn(CCCn2ccnc2)c1. The van der Waals surface area contributed by atoms with Gasteiger partial charge in [0.05, 0.1) is 18.2 Å². The minimum Gasteiger partial charge on any atom is -0.396 e. The Labute approximate surface area is 82.2 Å². The molecule has 2 heterocycles. The second-order valence-electron chi connectivity index (χ2n) is 3.19. The molecule has 0 unspecified atom stereocenters. The fourth-order valence-corrected chi connectivity index (χ4v) is 1.34. The van der Waals surface area contributed by atoms with Crippen molar-refractivity contribution in [3.05, 3.63) is 31.1 Å². The maximum atomic E-state index is 5.55. The first-order valence-electron chi connectivity index (χ1n) is 4.58. The van der Waals surface area contributed by atoms with Crippen LogP contribution in [-0.4, -0.2) is 19.3 Å². The molecule has 0 atom stereocenters. The van der Waals surface area contributed by atoms with Crippen LogP contribution in [0, 0.1) is 0 Å². The standard InChI is InChI=1S/C9H13N5/c10-9-6-12-14(7-9)4-1-3-13-5-2-11-8-13/h2,5-8H,1,3-4,10H2. The molecule has 14 heavy (non-hydrogen) atoms. The van der Waals surface area contributed by atoms with Crippen molar-refractivity contribution < 1.29 is 0 Å². The lowest BCUT2D eigenvalue weighted by molar-refractivity contribution is 0.527. The van der Waals surface area contributed by atoms with E-state index in [0.717, 1.165) is 19.5 Å². The minimum absolute atomic E-state index is 0.715. The van der Waals surface area contributed by atoms with E-state index in [1.807, 2.05) is 28.0 Å². The Morgan fingerprint density at radius 2 is 2.29 bits per heavy atom. The molecule has 2 rings (SSSR count). The lowest BCUT2D eigenvalue weighted by atomic mass is 10.4. The highest BCUT2D eigenvalue weighted by Crippen LogP contribution is 1.99. The van der Waals surface area contributed by atoms with Gasteiger partial charge in [0, 0.05) is 31.7 Å². The smallest absolute Gasteiger partial charge is 0.0945 e. The Kier molecular flexibility index (Phi) is 2.48. The van der Waals surface area contributed by atoms with Gasteiger partial charge >= 0.3 is 0 Å². The number of nitrogen functional groups attached to an aromatic ring is 1. The summed E-state index contributed by atoms with van der Waals surface area (Å²) in [5.41, 5.74) is 6.26. The van der Waals surface area contributed by atoms with Crippen LogP contribution >= 0.6 is 0 Å². The van der Waals surface area contributed by atoms with Crippen molar-refractivity contribution in [2.75, 3.05) is 5.73 Å². The molecule has 0 aliphatic heterocycles. The van der Waals surface area contributed by atoms with Gasteiger partial charge in [-0.05, 0) is 6.42 Å². The third-order valence-corrected chi connectivity index (χ3v) is 2.02. The van der Waals surface area contributed by atoms with Crippen LogP contribution in [0.5, 0.6) is 0 Å². The van der Waals surface area contributed by atoms with Gasteiger partial charge in [-0.1, -0.05) is 0 Å². The zero-order valence-corrected chi connectivity index (χ0v) is 7.87. The van der Waals surface area contributed by atoms with E-state index in [-0.39, 0.29) is 0 Å². The predicted octanol–water partition coefficient (Wildman–Crippen LogP) is 0.752. The van der Waals surface area contributed by atoms with Crippen LogP contribution in [0.3, 0.4) is 0 Å². The molecular weight excluding hydrogens is 178 g/mol. The molecule has 0 aliphatic rings. The predicted molar refractivity (Wildman–Crippen MR) is 53.5 cm³/mol. The molecule has 0 saturated heterocycles. The second-order valence-corrected chi connectivity index (χ2v) is 3.19. The Morgan fingerprint density at radius 3 is 2.93 bits per heavy atom. The molecule has 0 aromatic carbocycles. The molecule has 5 heteroatoms. The van der Waals surface area contributed by atoms with Crippen LogP contribution in [0.1, 0.15) is 6.42 Å². The van der Waals surface area contributed by atoms with E-state index in [9.17, 15) is 0 Å². The van der Waals surface area contributed by atoms with E-state index in [1.165, 1.54) is 0 Å². The summed E-state index contributed by atoms with van der Waals surface area (Å²) in [5.74, 6) is 0. The van der Waals surface area contributed by atoms with Gasteiger partial charge in [-0.3, -0.25) is 4.68 Å². The summed E-state index contributed by atoms with van der Waals surface area (Å²) in [7, 11) is 0. The number of anilines is 1. The summed E-state index contributed by atoms with van der Waals surface area (Å²) in [4.78, 5) is 3.97. The number of hydrogen-bond donors (Lipinski definition) is 1. The highest BCUT2D eigenvalue weighted by atomic mass is 15.3. The molecule has 2 N–H and O–H groups in total. The molecule has 0 radical (unpaired) electrons. The molecule has 0 saturated carbocycles. The van der Waals surface area contributed by atoms with Crippen molar-refractivity contribution in [2.45, 2.75) is 19.5 Å².